The second-order valence-corrected chi connectivity index (χ2v) is 6.98. The monoisotopic (exact) mass is 362 g/mol. The number of hydrogen-bond acceptors (Lipinski definition) is 3. The third-order valence-electron chi connectivity index (χ3n) is 4.62. The predicted molar refractivity (Wildman–Crippen MR) is 97.4 cm³/mol. The number of benzene rings is 1. The van der Waals surface area contributed by atoms with Crippen molar-refractivity contribution in [2.45, 2.75) is 32.6 Å². The number of H-pyrrole nitrogens is 1. The number of piperidine rings is 1. The van der Waals surface area contributed by atoms with Crippen molar-refractivity contribution in [3.63, 3.8) is 0 Å². The third kappa shape index (κ3) is 4.51. The fourth-order valence-corrected chi connectivity index (χ4v) is 3.41. The SMILES string of the molecule is CC(=O)N1CCC[C@H](C(=O)NCCCc2nc3ccc(Cl)cc3[nH]2)C1. The molecule has 0 aliphatic carbocycles. The molecule has 1 aromatic carbocycles. The summed E-state index contributed by atoms with van der Waals surface area (Å²) in [6.07, 6.45) is 3.30. The quantitative estimate of drug-likeness (QED) is 0.802. The van der Waals surface area contributed by atoms with Gasteiger partial charge in [-0.3, -0.25) is 9.59 Å². The zero-order chi connectivity index (χ0) is 17.8. The smallest absolute Gasteiger partial charge is 0.224 e. The summed E-state index contributed by atoms with van der Waals surface area (Å²) in [6.45, 7) is 3.45. The summed E-state index contributed by atoms with van der Waals surface area (Å²) >= 11 is 5.97. The van der Waals surface area contributed by atoms with Crippen molar-refractivity contribution in [1.82, 2.24) is 20.2 Å². The van der Waals surface area contributed by atoms with E-state index in [9.17, 15) is 9.59 Å². The highest BCUT2D eigenvalue weighted by molar-refractivity contribution is 6.31. The number of hydrogen-bond donors (Lipinski definition) is 2. The van der Waals surface area contributed by atoms with Gasteiger partial charge in [-0.15, -0.1) is 0 Å². The fraction of sp³-hybridized carbons (Fsp3) is 0.500. The minimum Gasteiger partial charge on any atom is -0.356 e. The van der Waals surface area contributed by atoms with E-state index in [2.05, 4.69) is 15.3 Å². The number of carbonyl (C=O) groups excluding carboxylic acids is 2. The molecule has 2 aromatic rings. The van der Waals surface area contributed by atoms with Crippen LogP contribution in [0.5, 0.6) is 0 Å². The molecule has 2 heterocycles. The highest BCUT2D eigenvalue weighted by Crippen LogP contribution is 2.18. The van der Waals surface area contributed by atoms with E-state index in [0.29, 0.717) is 18.1 Å². The maximum Gasteiger partial charge on any atom is 0.224 e. The van der Waals surface area contributed by atoms with Gasteiger partial charge in [-0.2, -0.15) is 0 Å². The molecule has 6 nitrogen and oxygen atoms in total. The molecule has 2 amide bonds. The van der Waals surface area contributed by atoms with Gasteiger partial charge in [0.25, 0.3) is 0 Å². The van der Waals surface area contributed by atoms with Gasteiger partial charge in [-0.25, -0.2) is 4.98 Å². The van der Waals surface area contributed by atoms with Crippen LogP contribution in [-0.2, 0) is 16.0 Å². The normalized spacial score (nSPS) is 17.7. The molecule has 2 N–H and O–H groups in total. The minimum absolute atomic E-state index is 0.0438. The lowest BCUT2D eigenvalue weighted by Crippen LogP contribution is -2.44. The van der Waals surface area contributed by atoms with Crippen molar-refractivity contribution in [2.24, 2.45) is 5.92 Å². The van der Waals surface area contributed by atoms with Crippen LogP contribution in [0.1, 0.15) is 32.0 Å². The first-order valence-corrected chi connectivity index (χ1v) is 9.08. The average molecular weight is 363 g/mol. The highest BCUT2D eigenvalue weighted by Gasteiger charge is 2.26. The second-order valence-electron chi connectivity index (χ2n) is 6.54. The Labute approximate surface area is 151 Å². The van der Waals surface area contributed by atoms with Crippen LogP contribution in [0.2, 0.25) is 5.02 Å². The van der Waals surface area contributed by atoms with Crippen molar-refractivity contribution < 1.29 is 9.59 Å². The Kier molecular flexibility index (Phi) is 5.58. The largest absolute Gasteiger partial charge is 0.356 e. The molecular formula is C18H23ClN4O2. The Balaban J connectivity index is 1.44. The molecule has 1 aliphatic rings. The van der Waals surface area contributed by atoms with Crippen LogP contribution in [0.3, 0.4) is 0 Å². The van der Waals surface area contributed by atoms with E-state index in [0.717, 1.165) is 49.1 Å². The van der Waals surface area contributed by atoms with Gasteiger partial charge >= 0.3 is 0 Å². The zero-order valence-corrected chi connectivity index (χ0v) is 15.1. The van der Waals surface area contributed by atoms with E-state index in [4.69, 9.17) is 11.6 Å². The number of aromatic amines is 1. The average Bonchev–Trinajstić information content (AvgIpc) is 3.00. The van der Waals surface area contributed by atoms with Gasteiger partial charge in [0.05, 0.1) is 17.0 Å². The third-order valence-corrected chi connectivity index (χ3v) is 4.86. The van der Waals surface area contributed by atoms with Crippen LogP contribution in [0.4, 0.5) is 0 Å². The van der Waals surface area contributed by atoms with Gasteiger partial charge in [0.1, 0.15) is 5.82 Å². The number of carbonyl (C=O) groups is 2. The molecule has 1 atom stereocenters. The van der Waals surface area contributed by atoms with Crippen LogP contribution in [0.15, 0.2) is 18.2 Å². The minimum atomic E-state index is -0.0917. The second kappa shape index (κ2) is 7.87. The van der Waals surface area contributed by atoms with Crippen LogP contribution >= 0.6 is 11.6 Å². The van der Waals surface area contributed by atoms with E-state index >= 15 is 0 Å². The number of amides is 2. The molecule has 134 valence electrons. The summed E-state index contributed by atoms with van der Waals surface area (Å²) in [4.78, 5) is 33.3. The molecule has 0 saturated carbocycles. The Morgan fingerprint density at radius 1 is 1.44 bits per heavy atom. The van der Waals surface area contributed by atoms with Crippen molar-refractivity contribution >= 4 is 34.4 Å². The summed E-state index contributed by atoms with van der Waals surface area (Å²) < 4.78 is 0. The molecule has 7 heteroatoms. The summed E-state index contributed by atoms with van der Waals surface area (Å²) in [5.41, 5.74) is 1.83. The van der Waals surface area contributed by atoms with Crippen LogP contribution in [0, 0.1) is 5.92 Å². The highest BCUT2D eigenvalue weighted by atomic mass is 35.5. The van der Waals surface area contributed by atoms with Gasteiger partial charge in [0.15, 0.2) is 0 Å². The molecule has 1 fully saturated rings. The van der Waals surface area contributed by atoms with Crippen LogP contribution < -0.4 is 5.32 Å². The lowest BCUT2D eigenvalue weighted by molar-refractivity contribution is -0.133. The molecule has 0 unspecified atom stereocenters. The fourth-order valence-electron chi connectivity index (χ4n) is 3.24. The molecule has 1 aromatic heterocycles. The van der Waals surface area contributed by atoms with Gasteiger partial charge in [-0.1, -0.05) is 11.6 Å². The van der Waals surface area contributed by atoms with E-state index in [1.54, 1.807) is 11.8 Å². The number of aromatic nitrogens is 2. The van der Waals surface area contributed by atoms with Crippen molar-refractivity contribution in [2.75, 3.05) is 19.6 Å². The number of fused-ring (bicyclic) bond motifs is 1. The van der Waals surface area contributed by atoms with Crippen LogP contribution in [-0.4, -0.2) is 46.3 Å². The summed E-state index contributed by atoms with van der Waals surface area (Å²) in [5, 5.41) is 3.67. The first kappa shape index (κ1) is 17.7. The summed E-state index contributed by atoms with van der Waals surface area (Å²) in [5.74, 6) is 0.891. The lowest BCUT2D eigenvalue weighted by atomic mass is 9.97. The maximum atomic E-state index is 12.3. The number of likely N-dealkylation sites (tertiary alicyclic amines) is 1. The standard InChI is InChI=1S/C18H23ClN4O2/c1-12(24)23-9-3-4-13(11-23)18(25)20-8-2-5-17-21-15-7-6-14(19)10-16(15)22-17/h6-7,10,13H,2-5,8-9,11H2,1H3,(H,20,25)(H,21,22)/t13-/m0/s1. The summed E-state index contributed by atoms with van der Waals surface area (Å²) in [7, 11) is 0. The van der Waals surface area contributed by atoms with Crippen molar-refractivity contribution in [3.05, 3.63) is 29.0 Å². The van der Waals surface area contributed by atoms with Crippen molar-refractivity contribution in [3.8, 4) is 0 Å². The predicted octanol–water partition coefficient (Wildman–Crippen LogP) is 2.52. The number of nitrogens with one attached hydrogen (secondary N) is 2. The van der Waals surface area contributed by atoms with Gasteiger partial charge in [0, 0.05) is 38.0 Å². The molecule has 1 aliphatic heterocycles. The molecule has 3 rings (SSSR count). The summed E-state index contributed by atoms with van der Waals surface area (Å²) in [6, 6.07) is 5.57. The van der Waals surface area contributed by atoms with Crippen molar-refractivity contribution in [1.29, 1.82) is 0 Å². The number of halogens is 1. The van der Waals surface area contributed by atoms with Gasteiger partial charge in [-0.05, 0) is 37.5 Å². The number of rotatable bonds is 5. The van der Waals surface area contributed by atoms with Gasteiger partial charge < -0.3 is 15.2 Å². The molecule has 25 heavy (non-hydrogen) atoms. The molecular weight excluding hydrogens is 340 g/mol. The maximum absolute atomic E-state index is 12.3. The van der Waals surface area contributed by atoms with Gasteiger partial charge in [0.2, 0.25) is 11.8 Å². The molecule has 1 saturated heterocycles. The molecule has 0 bridgehead atoms. The Morgan fingerprint density at radius 2 is 2.28 bits per heavy atom. The first-order valence-electron chi connectivity index (χ1n) is 8.70. The Hall–Kier alpha value is -2.08. The van der Waals surface area contributed by atoms with Crippen LogP contribution in [0.25, 0.3) is 11.0 Å². The Bertz CT molecular complexity index is 774. The van der Waals surface area contributed by atoms with E-state index in [-0.39, 0.29) is 17.7 Å². The zero-order valence-electron chi connectivity index (χ0n) is 14.3. The first-order chi connectivity index (χ1) is 12.0. The molecule has 0 spiro atoms. The number of aryl methyl sites for hydroxylation is 1. The van der Waals surface area contributed by atoms with E-state index in [1.807, 2.05) is 18.2 Å². The number of imidazole rings is 1. The molecule has 0 radical (unpaired) electrons. The van der Waals surface area contributed by atoms with E-state index < -0.39 is 0 Å². The lowest BCUT2D eigenvalue weighted by Gasteiger charge is -2.31. The van der Waals surface area contributed by atoms with E-state index in [1.165, 1.54) is 0 Å². The number of nitrogens with zero attached hydrogens (tertiary/aromatic N) is 2. The topological polar surface area (TPSA) is 78.1 Å². The Morgan fingerprint density at radius 3 is 3.08 bits per heavy atom.